The average Bonchev–Trinajstić information content (AvgIpc) is 2.67. The van der Waals surface area contributed by atoms with Gasteiger partial charge in [0.1, 0.15) is 5.82 Å². The van der Waals surface area contributed by atoms with Gasteiger partial charge in [-0.25, -0.2) is 4.98 Å². The number of likely N-dealkylation sites (N-methyl/N-ethyl adjacent to an activating group) is 1. The van der Waals surface area contributed by atoms with Crippen LogP contribution in [0.25, 0.3) is 0 Å². The summed E-state index contributed by atoms with van der Waals surface area (Å²) in [7, 11) is 2.14. The van der Waals surface area contributed by atoms with Crippen LogP contribution in [0.4, 0.5) is 5.82 Å². The molecule has 6 nitrogen and oxygen atoms in total. The molecule has 0 aliphatic carbocycles. The molecule has 0 unspecified atom stereocenters. The Morgan fingerprint density at radius 2 is 1.84 bits per heavy atom. The van der Waals surface area contributed by atoms with Crippen molar-refractivity contribution in [2.75, 3.05) is 38.1 Å². The molecular weight excluding hydrogens is 314 g/mol. The van der Waals surface area contributed by atoms with Crippen LogP contribution in [0.15, 0.2) is 42.6 Å². The van der Waals surface area contributed by atoms with Crippen LogP contribution < -0.4 is 16.0 Å². The summed E-state index contributed by atoms with van der Waals surface area (Å²) in [5.74, 6) is 0.897. The molecule has 2 heterocycles. The Morgan fingerprint density at radius 1 is 1.12 bits per heavy atom. The largest absolute Gasteiger partial charge is 0.354 e. The molecule has 1 aromatic carbocycles. The van der Waals surface area contributed by atoms with Crippen molar-refractivity contribution in [1.29, 1.82) is 0 Å². The van der Waals surface area contributed by atoms with Crippen molar-refractivity contribution in [3.05, 3.63) is 59.3 Å². The minimum Gasteiger partial charge on any atom is -0.354 e. The Labute approximate surface area is 148 Å². The number of nitrogens with two attached hydrogens (primary N) is 1. The molecule has 0 saturated carbocycles. The number of carbonyl (C=O) groups excluding carboxylic acids is 1. The number of pyridine rings is 1. The Balaban J connectivity index is 1.59. The molecule has 3 N–H and O–H groups in total. The summed E-state index contributed by atoms with van der Waals surface area (Å²) in [6.45, 7) is 5.01. The number of anilines is 1. The van der Waals surface area contributed by atoms with Gasteiger partial charge in [0, 0.05) is 51.0 Å². The minimum absolute atomic E-state index is 0.0819. The fourth-order valence-electron chi connectivity index (χ4n) is 2.86. The van der Waals surface area contributed by atoms with E-state index in [1.807, 2.05) is 24.4 Å². The van der Waals surface area contributed by atoms with E-state index in [2.05, 4.69) is 33.2 Å². The third-order valence-electron chi connectivity index (χ3n) is 4.54. The monoisotopic (exact) mass is 339 g/mol. The lowest BCUT2D eigenvalue weighted by Gasteiger charge is -2.33. The Kier molecular flexibility index (Phi) is 5.63. The van der Waals surface area contributed by atoms with Crippen molar-refractivity contribution >= 4 is 11.7 Å². The lowest BCUT2D eigenvalue weighted by atomic mass is 10.1. The van der Waals surface area contributed by atoms with Crippen molar-refractivity contribution in [1.82, 2.24) is 15.2 Å². The van der Waals surface area contributed by atoms with Crippen LogP contribution in [0, 0.1) is 0 Å². The van der Waals surface area contributed by atoms with Crippen LogP contribution in [0.3, 0.4) is 0 Å². The van der Waals surface area contributed by atoms with Crippen molar-refractivity contribution in [3.8, 4) is 0 Å². The summed E-state index contributed by atoms with van der Waals surface area (Å²) < 4.78 is 0. The fraction of sp³-hybridized carbons (Fsp3) is 0.368. The summed E-state index contributed by atoms with van der Waals surface area (Å²) in [5, 5.41) is 2.97. The number of hydrogen-bond donors (Lipinski definition) is 2. The molecule has 132 valence electrons. The number of hydrogen-bond acceptors (Lipinski definition) is 5. The third-order valence-corrected chi connectivity index (χ3v) is 4.54. The molecule has 25 heavy (non-hydrogen) atoms. The summed E-state index contributed by atoms with van der Waals surface area (Å²) >= 11 is 0. The second kappa shape index (κ2) is 8.09. The van der Waals surface area contributed by atoms with Gasteiger partial charge >= 0.3 is 0 Å². The molecular formula is C19H25N5O. The van der Waals surface area contributed by atoms with E-state index in [-0.39, 0.29) is 5.91 Å². The predicted octanol–water partition coefficient (Wildman–Crippen LogP) is 1.22. The quantitative estimate of drug-likeness (QED) is 0.857. The van der Waals surface area contributed by atoms with Crippen LogP contribution in [0.5, 0.6) is 0 Å². The van der Waals surface area contributed by atoms with Gasteiger partial charge in [0.25, 0.3) is 5.91 Å². The highest BCUT2D eigenvalue weighted by Crippen LogP contribution is 2.15. The number of piperazine rings is 1. The summed E-state index contributed by atoms with van der Waals surface area (Å²) in [5.41, 5.74) is 8.29. The highest BCUT2D eigenvalue weighted by atomic mass is 16.1. The van der Waals surface area contributed by atoms with Crippen LogP contribution in [-0.2, 0) is 13.1 Å². The number of amides is 1. The third kappa shape index (κ3) is 4.55. The number of nitrogens with zero attached hydrogens (tertiary/aromatic N) is 3. The van der Waals surface area contributed by atoms with Gasteiger partial charge in [-0.05, 0) is 42.4 Å². The molecule has 1 aliphatic heterocycles. The van der Waals surface area contributed by atoms with Gasteiger partial charge < -0.3 is 20.9 Å². The number of nitrogens with one attached hydrogen (secondary N) is 1. The molecule has 0 bridgehead atoms. The minimum atomic E-state index is -0.0819. The maximum atomic E-state index is 12.3. The highest BCUT2D eigenvalue weighted by Gasteiger charge is 2.15. The van der Waals surface area contributed by atoms with Gasteiger partial charge in [-0.2, -0.15) is 0 Å². The van der Waals surface area contributed by atoms with E-state index < -0.39 is 0 Å². The first kappa shape index (κ1) is 17.4. The Hall–Kier alpha value is -2.44. The van der Waals surface area contributed by atoms with Gasteiger partial charge in [0.05, 0.1) is 0 Å². The zero-order valence-electron chi connectivity index (χ0n) is 14.6. The molecule has 1 amide bonds. The zero-order valence-corrected chi connectivity index (χ0v) is 14.6. The molecule has 3 rings (SSSR count). The van der Waals surface area contributed by atoms with Crippen molar-refractivity contribution in [2.45, 2.75) is 13.1 Å². The van der Waals surface area contributed by atoms with Gasteiger partial charge in [0.15, 0.2) is 0 Å². The van der Waals surface area contributed by atoms with Crippen LogP contribution >= 0.6 is 0 Å². The van der Waals surface area contributed by atoms with E-state index in [1.54, 1.807) is 12.1 Å². The second-order valence-electron chi connectivity index (χ2n) is 6.40. The number of aromatic nitrogens is 1. The molecule has 6 heteroatoms. The second-order valence-corrected chi connectivity index (χ2v) is 6.40. The molecule has 1 aromatic heterocycles. The molecule has 2 aromatic rings. The lowest BCUT2D eigenvalue weighted by Crippen LogP contribution is -2.44. The number of carbonyl (C=O) groups is 1. The maximum Gasteiger partial charge on any atom is 0.251 e. The fourth-order valence-corrected chi connectivity index (χ4v) is 2.86. The first-order valence-corrected chi connectivity index (χ1v) is 8.61. The number of benzene rings is 1. The molecule has 1 aliphatic rings. The normalized spacial score (nSPS) is 15.2. The van der Waals surface area contributed by atoms with Crippen LogP contribution in [0.1, 0.15) is 21.5 Å². The summed E-state index contributed by atoms with van der Waals surface area (Å²) in [4.78, 5) is 21.3. The standard InChI is InChI=1S/C19H25N5O/c1-23-8-10-24(11-9-23)18-12-16(6-7-21-18)14-22-19(25)17-4-2-15(13-20)3-5-17/h2-7,12H,8-11,13-14,20H2,1H3,(H,22,25). The van der Waals surface area contributed by atoms with Crippen LogP contribution in [0.2, 0.25) is 0 Å². The zero-order chi connectivity index (χ0) is 17.6. The van der Waals surface area contributed by atoms with Crippen molar-refractivity contribution < 1.29 is 4.79 Å². The topological polar surface area (TPSA) is 74.5 Å². The van der Waals surface area contributed by atoms with Gasteiger partial charge in [0.2, 0.25) is 0 Å². The van der Waals surface area contributed by atoms with Crippen LogP contribution in [-0.4, -0.2) is 49.0 Å². The van der Waals surface area contributed by atoms with Gasteiger partial charge in [-0.1, -0.05) is 12.1 Å². The van der Waals surface area contributed by atoms with E-state index in [0.717, 1.165) is 43.1 Å². The van der Waals surface area contributed by atoms with E-state index in [0.29, 0.717) is 18.7 Å². The molecule has 0 atom stereocenters. The van der Waals surface area contributed by atoms with Crippen molar-refractivity contribution in [3.63, 3.8) is 0 Å². The lowest BCUT2D eigenvalue weighted by molar-refractivity contribution is 0.0951. The molecule has 0 spiro atoms. The van der Waals surface area contributed by atoms with Gasteiger partial charge in [-0.15, -0.1) is 0 Å². The Bertz CT molecular complexity index is 708. The van der Waals surface area contributed by atoms with Gasteiger partial charge in [-0.3, -0.25) is 4.79 Å². The summed E-state index contributed by atoms with van der Waals surface area (Å²) in [6.07, 6.45) is 1.81. The summed E-state index contributed by atoms with van der Waals surface area (Å²) in [6, 6.07) is 11.4. The Morgan fingerprint density at radius 3 is 2.52 bits per heavy atom. The van der Waals surface area contributed by atoms with E-state index in [4.69, 9.17) is 5.73 Å². The average molecular weight is 339 g/mol. The maximum absolute atomic E-state index is 12.3. The van der Waals surface area contributed by atoms with E-state index >= 15 is 0 Å². The molecule has 1 saturated heterocycles. The van der Waals surface area contributed by atoms with Crippen molar-refractivity contribution in [2.24, 2.45) is 5.73 Å². The SMILES string of the molecule is CN1CCN(c2cc(CNC(=O)c3ccc(CN)cc3)ccn2)CC1. The smallest absolute Gasteiger partial charge is 0.251 e. The van der Waals surface area contributed by atoms with E-state index in [1.165, 1.54) is 0 Å². The first-order valence-electron chi connectivity index (χ1n) is 8.61. The molecule has 1 fully saturated rings. The first-order chi connectivity index (χ1) is 12.2. The molecule has 0 radical (unpaired) electrons. The van der Waals surface area contributed by atoms with E-state index in [9.17, 15) is 4.79 Å². The predicted molar refractivity (Wildman–Crippen MR) is 99.5 cm³/mol. The highest BCUT2D eigenvalue weighted by molar-refractivity contribution is 5.94. The number of rotatable bonds is 5.